The molecule has 2 saturated carbocycles. The van der Waals surface area contributed by atoms with Crippen LogP contribution in [-0.4, -0.2) is 45.2 Å². The smallest absolute Gasteiger partial charge is 0.278 e. The lowest BCUT2D eigenvalue weighted by molar-refractivity contribution is -0.117. The van der Waals surface area contributed by atoms with Gasteiger partial charge in [-0.3, -0.25) is 9.59 Å². The van der Waals surface area contributed by atoms with Gasteiger partial charge in [-0.25, -0.2) is 0 Å². The summed E-state index contributed by atoms with van der Waals surface area (Å²) in [6, 6.07) is 0. The van der Waals surface area contributed by atoms with Crippen molar-refractivity contribution in [1.82, 2.24) is 20.3 Å². The fourth-order valence-corrected chi connectivity index (χ4v) is 3.31. The van der Waals surface area contributed by atoms with E-state index in [0.29, 0.717) is 5.92 Å². The lowest BCUT2D eigenvalue weighted by atomic mass is 10.2. The van der Waals surface area contributed by atoms with Crippen molar-refractivity contribution in [2.75, 3.05) is 18.4 Å². The van der Waals surface area contributed by atoms with Crippen molar-refractivity contribution in [2.45, 2.75) is 32.1 Å². The average molecular weight is 289 g/mol. The van der Waals surface area contributed by atoms with Crippen molar-refractivity contribution in [3.8, 4) is 0 Å². The Hall–Kier alpha value is -1.92. The molecule has 2 heterocycles. The van der Waals surface area contributed by atoms with Crippen LogP contribution in [0.25, 0.3) is 0 Å². The third-order valence-electron chi connectivity index (χ3n) is 4.79. The Morgan fingerprint density at radius 2 is 1.95 bits per heavy atom. The van der Waals surface area contributed by atoms with Crippen molar-refractivity contribution in [3.63, 3.8) is 0 Å². The number of carbonyl (C=O) groups excluding carboxylic acids is 2. The lowest BCUT2D eigenvalue weighted by Gasteiger charge is -2.13. The summed E-state index contributed by atoms with van der Waals surface area (Å²) in [6.07, 6.45) is 5.55. The minimum absolute atomic E-state index is 0.0173. The number of aromatic nitrogens is 3. The van der Waals surface area contributed by atoms with Crippen LogP contribution in [0.15, 0.2) is 0 Å². The molecule has 1 saturated heterocycles. The highest BCUT2D eigenvalue weighted by Crippen LogP contribution is 2.54. The number of nitrogens with one attached hydrogen (secondary N) is 2. The number of rotatable bonds is 4. The molecule has 4 rings (SSSR count). The van der Waals surface area contributed by atoms with Crippen LogP contribution in [0.5, 0.6) is 0 Å². The lowest BCUT2D eigenvalue weighted by Crippen LogP contribution is -2.29. The van der Waals surface area contributed by atoms with Gasteiger partial charge in [-0.05, 0) is 43.9 Å². The topological polar surface area (TPSA) is 91.0 Å². The molecule has 1 aliphatic heterocycles. The summed E-state index contributed by atoms with van der Waals surface area (Å²) in [7, 11) is 0. The molecule has 0 bridgehead atoms. The SMILES string of the molecule is O=C(Nc1n[nH]nc1C(=O)N1CCCC1)[C@H]1C[C@@H]1C1CC1. The van der Waals surface area contributed by atoms with E-state index in [2.05, 4.69) is 20.7 Å². The van der Waals surface area contributed by atoms with E-state index in [1.54, 1.807) is 4.90 Å². The van der Waals surface area contributed by atoms with Gasteiger partial charge in [0, 0.05) is 19.0 Å². The molecule has 2 atom stereocenters. The second-order valence-electron chi connectivity index (χ2n) is 6.35. The van der Waals surface area contributed by atoms with Gasteiger partial charge in [-0.15, -0.1) is 10.2 Å². The highest BCUT2D eigenvalue weighted by Gasteiger charge is 2.51. The predicted octanol–water partition coefficient (Wildman–Crippen LogP) is 1.03. The Kier molecular flexibility index (Phi) is 2.94. The summed E-state index contributed by atoms with van der Waals surface area (Å²) in [4.78, 5) is 26.3. The van der Waals surface area contributed by atoms with Gasteiger partial charge in [0.25, 0.3) is 5.91 Å². The van der Waals surface area contributed by atoms with E-state index < -0.39 is 0 Å². The van der Waals surface area contributed by atoms with Crippen LogP contribution in [0.1, 0.15) is 42.6 Å². The highest BCUT2D eigenvalue weighted by atomic mass is 16.2. The Morgan fingerprint density at radius 3 is 2.67 bits per heavy atom. The molecule has 112 valence electrons. The van der Waals surface area contributed by atoms with Crippen LogP contribution in [0.4, 0.5) is 5.82 Å². The van der Waals surface area contributed by atoms with Gasteiger partial charge in [0.2, 0.25) is 5.91 Å². The fourth-order valence-electron chi connectivity index (χ4n) is 3.31. The van der Waals surface area contributed by atoms with E-state index in [1.807, 2.05) is 0 Å². The zero-order valence-electron chi connectivity index (χ0n) is 11.8. The Morgan fingerprint density at radius 1 is 1.19 bits per heavy atom. The van der Waals surface area contributed by atoms with Crippen molar-refractivity contribution in [2.24, 2.45) is 17.8 Å². The van der Waals surface area contributed by atoms with E-state index in [4.69, 9.17) is 0 Å². The third kappa shape index (κ3) is 2.41. The molecule has 21 heavy (non-hydrogen) atoms. The minimum Gasteiger partial charge on any atom is -0.337 e. The second-order valence-corrected chi connectivity index (χ2v) is 6.35. The fraction of sp³-hybridized carbons (Fsp3) is 0.714. The van der Waals surface area contributed by atoms with Crippen molar-refractivity contribution in [1.29, 1.82) is 0 Å². The summed E-state index contributed by atoms with van der Waals surface area (Å²) >= 11 is 0. The maximum atomic E-state index is 12.3. The summed E-state index contributed by atoms with van der Waals surface area (Å²) in [5.74, 6) is 1.52. The molecular weight excluding hydrogens is 270 g/mol. The van der Waals surface area contributed by atoms with Gasteiger partial charge < -0.3 is 10.2 Å². The maximum Gasteiger partial charge on any atom is 0.278 e. The molecule has 0 aromatic carbocycles. The molecular formula is C14H19N5O2. The molecule has 7 nitrogen and oxygen atoms in total. The molecule has 3 aliphatic rings. The molecule has 0 radical (unpaired) electrons. The first-order valence-corrected chi connectivity index (χ1v) is 7.75. The first kappa shape index (κ1) is 12.8. The molecule has 2 N–H and O–H groups in total. The Bertz CT molecular complexity index is 574. The molecule has 2 amide bonds. The quantitative estimate of drug-likeness (QED) is 0.866. The number of nitrogens with zero attached hydrogens (tertiary/aromatic N) is 3. The van der Waals surface area contributed by atoms with Crippen molar-refractivity contribution >= 4 is 17.6 Å². The number of anilines is 1. The van der Waals surface area contributed by atoms with E-state index in [1.165, 1.54) is 12.8 Å². The van der Waals surface area contributed by atoms with Gasteiger partial charge in [-0.1, -0.05) is 0 Å². The third-order valence-corrected chi connectivity index (χ3v) is 4.79. The summed E-state index contributed by atoms with van der Waals surface area (Å²) < 4.78 is 0. The highest BCUT2D eigenvalue weighted by molar-refractivity contribution is 6.02. The van der Waals surface area contributed by atoms with Crippen molar-refractivity contribution < 1.29 is 9.59 Å². The number of aromatic amines is 1. The number of carbonyl (C=O) groups is 2. The van der Waals surface area contributed by atoms with Crippen molar-refractivity contribution in [3.05, 3.63) is 5.69 Å². The minimum atomic E-state index is -0.147. The number of amides is 2. The summed E-state index contributed by atoms with van der Waals surface area (Å²) in [5, 5.41) is 13.1. The van der Waals surface area contributed by atoms with Gasteiger partial charge in [0.15, 0.2) is 11.5 Å². The molecule has 1 aromatic rings. The standard InChI is InChI=1S/C14H19N5O2/c20-13(10-7-9(10)8-3-4-8)15-12-11(16-18-17-12)14(21)19-5-1-2-6-19/h8-10H,1-7H2,(H2,15,16,17,18,20)/t9-,10+/m1/s1. The van der Waals surface area contributed by atoms with Crippen LogP contribution in [0.3, 0.4) is 0 Å². The molecule has 0 unspecified atom stereocenters. The number of hydrogen-bond acceptors (Lipinski definition) is 4. The van der Waals surface area contributed by atoms with Crippen LogP contribution in [0, 0.1) is 17.8 Å². The number of H-pyrrole nitrogens is 1. The van der Waals surface area contributed by atoms with Gasteiger partial charge in [-0.2, -0.15) is 5.21 Å². The van der Waals surface area contributed by atoms with Gasteiger partial charge in [0.05, 0.1) is 0 Å². The monoisotopic (exact) mass is 289 g/mol. The zero-order valence-corrected chi connectivity index (χ0v) is 11.8. The second kappa shape index (κ2) is 4.82. The van der Waals surface area contributed by atoms with E-state index in [9.17, 15) is 9.59 Å². The number of likely N-dealkylation sites (tertiary alicyclic amines) is 1. The van der Waals surface area contributed by atoms with Crippen LogP contribution in [0.2, 0.25) is 0 Å². The van der Waals surface area contributed by atoms with Gasteiger partial charge >= 0.3 is 0 Å². The van der Waals surface area contributed by atoms with E-state index in [0.717, 1.165) is 38.3 Å². The van der Waals surface area contributed by atoms with E-state index >= 15 is 0 Å². The Balaban J connectivity index is 1.42. The van der Waals surface area contributed by atoms with E-state index in [-0.39, 0.29) is 29.2 Å². The summed E-state index contributed by atoms with van der Waals surface area (Å²) in [6.45, 7) is 1.51. The maximum absolute atomic E-state index is 12.3. The molecule has 2 aliphatic carbocycles. The largest absolute Gasteiger partial charge is 0.337 e. The van der Waals surface area contributed by atoms with Crippen LogP contribution < -0.4 is 5.32 Å². The average Bonchev–Trinajstić information content (AvgIpc) is 3.36. The molecule has 7 heteroatoms. The molecule has 1 aromatic heterocycles. The normalized spacial score (nSPS) is 27.7. The van der Waals surface area contributed by atoms with Gasteiger partial charge in [0.1, 0.15) is 0 Å². The first-order valence-electron chi connectivity index (χ1n) is 7.75. The zero-order chi connectivity index (χ0) is 14.4. The predicted molar refractivity (Wildman–Crippen MR) is 74.5 cm³/mol. The van der Waals surface area contributed by atoms with Crippen LogP contribution >= 0.6 is 0 Å². The van der Waals surface area contributed by atoms with Crippen LogP contribution in [-0.2, 0) is 4.79 Å². The Labute approximate surface area is 122 Å². The number of hydrogen-bond donors (Lipinski definition) is 2. The molecule has 0 spiro atoms. The molecule has 3 fully saturated rings. The summed E-state index contributed by atoms with van der Waals surface area (Å²) in [5.41, 5.74) is 0.230. The first-order chi connectivity index (χ1) is 10.2.